The van der Waals surface area contributed by atoms with Crippen molar-refractivity contribution in [2.45, 2.75) is 32.3 Å². The first-order valence-electron chi connectivity index (χ1n) is 9.87. The minimum atomic E-state index is -0.0906. The monoisotopic (exact) mass is 388 g/mol. The van der Waals surface area contributed by atoms with Crippen molar-refractivity contribution in [1.82, 2.24) is 9.97 Å². The lowest BCUT2D eigenvalue weighted by molar-refractivity contribution is -0.114. The maximum Gasteiger partial charge on any atom is 0.227 e. The number of nitrogens with zero attached hydrogens (tertiary/aromatic N) is 2. The predicted molar refractivity (Wildman–Crippen MR) is 114 cm³/mol. The van der Waals surface area contributed by atoms with Crippen molar-refractivity contribution in [3.8, 4) is 11.3 Å². The molecule has 2 N–H and O–H groups in total. The van der Waals surface area contributed by atoms with E-state index in [4.69, 9.17) is 4.74 Å². The van der Waals surface area contributed by atoms with Crippen LogP contribution in [-0.2, 0) is 9.53 Å². The predicted octanol–water partition coefficient (Wildman–Crippen LogP) is 5.09. The van der Waals surface area contributed by atoms with Crippen LogP contribution < -0.4 is 10.6 Å². The number of amides is 1. The van der Waals surface area contributed by atoms with Gasteiger partial charge in [0.1, 0.15) is 0 Å². The largest absolute Gasteiger partial charge is 0.374 e. The van der Waals surface area contributed by atoms with E-state index in [-0.39, 0.29) is 12.0 Å². The highest BCUT2D eigenvalue weighted by atomic mass is 16.5. The van der Waals surface area contributed by atoms with Crippen molar-refractivity contribution in [3.05, 3.63) is 66.4 Å². The first-order chi connectivity index (χ1) is 14.2. The molecule has 2 heterocycles. The van der Waals surface area contributed by atoms with Crippen molar-refractivity contribution < 1.29 is 9.53 Å². The molecule has 1 saturated heterocycles. The number of carbonyl (C=O) groups excluding carboxylic acids is 1. The normalized spacial score (nSPS) is 16.2. The zero-order chi connectivity index (χ0) is 20.1. The molecule has 0 aliphatic carbocycles. The topological polar surface area (TPSA) is 76.1 Å². The molecule has 1 atom stereocenters. The molecule has 6 heteroatoms. The molecule has 29 heavy (non-hydrogen) atoms. The number of hydrogen-bond acceptors (Lipinski definition) is 5. The van der Waals surface area contributed by atoms with E-state index in [0.29, 0.717) is 5.95 Å². The summed E-state index contributed by atoms with van der Waals surface area (Å²) in [7, 11) is 0. The molecule has 1 aliphatic heterocycles. The summed E-state index contributed by atoms with van der Waals surface area (Å²) in [5.74, 6) is 0.447. The third kappa shape index (κ3) is 4.97. The zero-order valence-corrected chi connectivity index (χ0v) is 16.4. The highest BCUT2D eigenvalue weighted by molar-refractivity contribution is 5.88. The Morgan fingerprint density at radius 1 is 1.07 bits per heavy atom. The Morgan fingerprint density at radius 3 is 2.69 bits per heavy atom. The molecule has 0 radical (unpaired) electrons. The van der Waals surface area contributed by atoms with Crippen LogP contribution in [-0.4, -0.2) is 22.5 Å². The van der Waals surface area contributed by atoms with Crippen LogP contribution in [0.5, 0.6) is 0 Å². The number of aromatic nitrogens is 2. The summed E-state index contributed by atoms with van der Waals surface area (Å²) >= 11 is 0. The van der Waals surface area contributed by atoms with Crippen LogP contribution in [0.4, 0.5) is 17.3 Å². The Hall–Kier alpha value is -3.25. The molecular formula is C23H24N4O2. The van der Waals surface area contributed by atoms with E-state index in [1.165, 1.54) is 18.9 Å². The van der Waals surface area contributed by atoms with Gasteiger partial charge < -0.3 is 15.4 Å². The number of anilines is 3. The number of ether oxygens (including phenoxy) is 1. The Bertz CT molecular complexity index is 982. The van der Waals surface area contributed by atoms with Gasteiger partial charge in [0.2, 0.25) is 11.9 Å². The quantitative estimate of drug-likeness (QED) is 0.637. The van der Waals surface area contributed by atoms with E-state index in [1.807, 2.05) is 42.5 Å². The number of rotatable bonds is 5. The van der Waals surface area contributed by atoms with Gasteiger partial charge >= 0.3 is 0 Å². The molecule has 0 saturated carbocycles. The van der Waals surface area contributed by atoms with Gasteiger partial charge in [-0.1, -0.05) is 24.3 Å². The van der Waals surface area contributed by atoms with Crippen molar-refractivity contribution in [3.63, 3.8) is 0 Å². The molecule has 148 valence electrons. The Kier molecular flexibility index (Phi) is 5.81. The molecule has 1 amide bonds. The van der Waals surface area contributed by atoms with E-state index < -0.39 is 0 Å². The van der Waals surface area contributed by atoms with E-state index in [0.717, 1.165) is 42.1 Å². The second kappa shape index (κ2) is 8.84. The Balaban J connectivity index is 1.50. The summed E-state index contributed by atoms with van der Waals surface area (Å²) in [6, 6.07) is 17.7. The third-order valence-corrected chi connectivity index (χ3v) is 4.85. The molecule has 1 aromatic heterocycles. The molecule has 2 aromatic carbocycles. The Labute approximate surface area is 170 Å². The van der Waals surface area contributed by atoms with Gasteiger partial charge in [0.15, 0.2) is 0 Å². The van der Waals surface area contributed by atoms with Crippen LogP contribution in [0.25, 0.3) is 11.3 Å². The number of hydrogen-bond donors (Lipinski definition) is 2. The summed E-state index contributed by atoms with van der Waals surface area (Å²) in [5, 5.41) is 6.06. The van der Waals surface area contributed by atoms with Gasteiger partial charge in [0, 0.05) is 36.7 Å². The van der Waals surface area contributed by atoms with E-state index >= 15 is 0 Å². The van der Waals surface area contributed by atoms with Crippen molar-refractivity contribution in [1.29, 1.82) is 0 Å². The van der Waals surface area contributed by atoms with Crippen LogP contribution in [0, 0.1) is 0 Å². The summed E-state index contributed by atoms with van der Waals surface area (Å²) in [4.78, 5) is 20.1. The van der Waals surface area contributed by atoms with Gasteiger partial charge in [0.25, 0.3) is 0 Å². The van der Waals surface area contributed by atoms with Gasteiger partial charge in [-0.05, 0) is 55.2 Å². The minimum Gasteiger partial charge on any atom is -0.374 e. The lowest BCUT2D eigenvalue weighted by Crippen LogP contribution is -2.11. The molecule has 1 aliphatic rings. The fourth-order valence-electron chi connectivity index (χ4n) is 3.46. The maximum absolute atomic E-state index is 11.2. The number of benzene rings is 2. The van der Waals surface area contributed by atoms with Crippen molar-refractivity contribution >= 4 is 23.2 Å². The fourth-order valence-corrected chi connectivity index (χ4v) is 3.46. The van der Waals surface area contributed by atoms with Crippen LogP contribution in [0.15, 0.2) is 60.8 Å². The highest BCUT2D eigenvalue weighted by Gasteiger charge is 2.16. The van der Waals surface area contributed by atoms with Gasteiger partial charge in [-0.2, -0.15) is 0 Å². The average molecular weight is 388 g/mol. The smallest absolute Gasteiger partial charge is 0.227 e. The molecular weight excluding hydrogens is 364 g/mol. The standard InChI is InChI=1S/C23H24N4O2/c1-16(28)25-19-10-8-17(9-11-19)21-12-13-24-23(27-21)26-20-6-4-5-18(15-20)22-7-2-3-14-29-22/h4-6,8-13,15,22H,2-3,7,14H2,1H3,(H,25,28)(H,24,26,27). The molecule has 0 bridgehead atoms. The van der Waals surface area contributed by atoms with Crippen LogP contribution in [0.1, 0.15) is 37.9 Å². The third-order valence-electron chi connectivity index (χ3n) is 4.85. The minimum absolute atomic E-state index is 0.0906. The number of carbonyl (C=O) groups is 1. The van der Waals surface area contributed by atoms with Crippen molar-refractivity contribution in [2.24, 2.45) is 0 Å². The molecule has 3 aromatic rings. The number of nitrogens with one attached hydrogen (secondary N) is 2. The van der Waals surface area contributed by atoms with Gasteiger partial charge in [0.05, 0.1) is 11.8 Å². The van der Waals surface area contributed by atoms with Crippen molar-refractivity contribution in [2.75, 3.05) is 17.2 Å². The fraction of sp³-hybridized carbons (Fsp3) is 0.261. The lowest BCUT2D eigenvalue weighted by atomic mass is 10.0. The summed E-state index contributed by atoms with van der Waals surface area (Å²) in [5.41, 5.74) is 4.64. The van der Waals surface area contributed by atoms with Gasteiger partial charge in [-0.25, -0.2) is 9.97 Å². The SMILES string of the molecule is CC(=O)Nc1ccc(-c2ccnc(Nc3cccc(C4CCCCO4)c3)n2)cc1. The van der Waals surface area contributed by atoms with E-state index in [9.17, 15) is 4.79 Å². The maximum atomic E-state index is 11.2. The van der Waals surface area contributed by atoms with E-state index in [2.05, 4.69) is 32.7 Å². The first-order valence-corrected chi connectivity index (χ1v) is 9.87. The van der Waals surface area contributed by atoms with Crippen LogP contribution in [0.3, 0.4) is 0 Å². The van der Waals surface area contributed by atoms with E-state index in [1.54, 1.807) is 6.20 Å². The molecule has 0 spiro atoms. The summed E-state index contributed by atoms with van der Waals surface area (Å²) < 4.78 is 5.89. The zero-order valence-electron chi connectivity index (χ0n) is 16.4. The molecule has 1 fully saturated rings. The molecule has 4 rings (SSSR count). The molecule has 1 unspecified atom stereocenters. The van der Waals surface area contributed by atoms with Crippen LogP contribution in [0.2, 0.25) is 0 Å². The molecule has 6 nitrogen and oxygen atoms in total. The summed E-state index contributed by atoms with van der Waals surface area (Å²) in [6.45, 7) is 2.32. The first kappa shape index (κ1) is 19.1. The van der Waals surface area contributed by atoms with Crippen LogP contribution >= 0.6 is 0 Å². The van der Waals surface area contributed by atoms with Gasteiger partial charge in [-0.3, -0.25) is 4.79 Å². The highest BCUT2D eigenvalue weighted by Crippen LogP contribution is 2.30. The van der Waals surface area contributed by atoms with Gasteiger partial charge in [-0.15, -0.1) is 0 Å². The second-order valence-electron chi connectivity index (χ2n) is 7.13. The Morgan fingerprint density at radius 2 is 1.93 bits per heavy atom. The average Bonchev–Trinajstić information content (AvgIpc) is 2.75. The second-order valence-corrected chi connectivity index (χ2v) is 7.13. The summed E-state index contributed by atoms with van der Waals surface area (Å²) in [6.07, 6.45) is 5.30. The lowest BCUT2D eigenvalue weighted by Gasteiger charge is -2.23.